The molecule has 0 amide bonds. The van der Waals surface area contributed by atoms with Crippen molar-refractivity contribution in [3.8, 4) is 5.88 Å². The third-order valence-corrected chi connectivity index (χ3v) is 3.70. The Labute approximate surface area is 117 Å². The van der Waals surface area contributed by atoms with Gasteiger partial charge in [0.25, 0.3) is 0 Å². The minimum atomic E-state index is -3.08. The van der Waals surface area contributed by atoms with Gasteiger partial charge in [-0.3, -0.25) is 0 Å². The van der Waals surface area contributed by atoms with Gasteiger partial charge in [-0.2, -0.15) is 4.98 Å². The monoisotopic (exact) mass is 307 g/mol. The van der Waals surface area contributed by atoms with Crippen LogP contribution in [0.15, 0.2) is 6.07 Å². The first-order chi connectivity index (χ1) is 9.00. The van der Waals surface area contributed by atoms with Gasteiger partial charge in [0, 0.05) is 26.8 Å². The van der Waals surface area contributed by atoms with Crippen molar-refractivity contribution < 1.29 is 18.9 Å². The molecule has 0 aliphatic rings. The van der Waals surface area contributed by atoms with Crippen LogP contribution in [-0.2, 0) is 34.5 Å². The molecule has 1 rings (SSSR count). The highest BCUT2D eigenvalue weighted by Gasteiger charge is 2.16. The predicted molar refractivity (Wildman–Crippen MR) is 74.3 cm³/mol. The Bertz CT molecular complexity index is 436. The van der Waals surface area contributed by atoms with Crippen LogP contribution in [0.4, 0.5) is 0 Å². The molecule has 0 aliphatic carbocycles. The molecule has 1 aromatic heterocycles. The summed E-state index contributed by atoms with van der Waals surface area (Å²) in [5.41, 5.74) is 0.631. The van der Waals surface area contributed by atoms with Gasteiger partial charge in [0.2, 0.25) is 5.88 Å². The van der Waals surface area contributed by atoms with Crippen LogP contribution in [0.1, 0.15) is 18.4 Å². The SMILES string of the molecule is CCNP(O)(=S)Oc1cc(COC)nc(COC)n1. The van der Waals surface area contributed by atoms with Crippen LogP contribution in [-0.4, -0.2) is 35.6 Å². The van der Waals surface area contributed by atoms with Gasteiger partial charge < -0.3 is 18.9 Å². The van der Waals surface area contributed by atoms with Crippen LogP contribution < -0.4 is 9.61 Å². The fourth-order valence-electron chi connectivity index (χ4n) is 1.35. The molecule has 1 unspecified atom stereocenters. The van der Waals surface area contributed by atoms with Gasteiger partial charge >= 0.3 is 6.64 Å². The first-order valence-electron chi connectivity index (χ1n) is 5.63. The fourth-order valence-corrected chi connectivity index (χ4v) is 2.77. The Morgan fingerprint density at radius 2 is 2.00 bits per heavy atom. The van der Waals surface area contributed by atoms with E-state index >= 15 is 0 Å². The van der Waals surface area contributed by atoms with Crippen molar-refractivity contribution >= 4 is 18.4 Å². The summed E-state index contributed by atoms with van der Waals surface area (Å²) in [5, 5.41) is 2.71. The summed E-state index contributed by atoms with van der Waals surface area (Å²) in [6.45, 7) is -0.195. The molecule has 0 saturated heterocycles. The number of methoxy groups -OCH3 is 2. The van der Waals surface area contributed by atoms with Crippen molar-refractivity contribution in [3.63, 3.8) is 0 Å². The van der Waals surface area contributed by atoms with E-state index in [9.17, 15) is 4.89 Å². The minimum Gasteiger partial charge on any atom is -0.414 e. The van der Waals surface area contributed by atoms with Crippen molar-refractivity contribution in [1.29, 1.82) is 0 Å². The van der Waals surface area contributed by atoms with E-state index in [0.717, 1.165) is 0 Å². The first kappa shape index (κ1) is 16.4. The second-order valence-electron chi connectivity index (χ2n) is 3.60. The Morgan fingerprint density at radius 1 is 1.32 bits per heavy atom. The summed E-state index contributed by atoms with van der Waals surface area (Å²) in [4.78, 5) is 18.2. The van der Waals surface area contributed by atoms with Gasteiger partial charge in [0.05, 0.1) is 12.3 Å². The lowest BCUT2D eigenvalue weighted by molar-refractivity contribution is 0.169. The Kier molecular flexibility index (Phi) is 6.78. The molecule has 1 heterocycles. The van der Waals surface area contributed by atoms with Crippen LogP contribution in [0.3, 0.4) is 0 Å². The van der Waals surface area contributed by atoms with Gasteiger partial charge in [-0.25, -0.2) is 10.1 Å². The summed E-state index contributed by atoms with van der Waals surface area (Å²) in [6.07, 6.45) is 0. The molecule has 0 aliphatic heterocycles. The average Bonchev–Trinajstić information content (AvgIpc) is 2.28. The van der Waals surface area contributed by atoms with E-state index in [0.29, 0.717) is 24.7 Å². The number of hydrogen-bond donors (Lipinski definition) is 2. The minimum absolute atomic E-state index is 0.209. The second-order valence-corrected chi connectivity index (χ2v) is 6.63. The van der Waals surface area contributed by atoms with Gasteiger partial charge in [-0.05, 0) is 11.8 Å². The summed E-state index contributed by atoms with van der Waals surface area (Å²) in [5.74, 6) is 0.652. The fraction of sp³-hybridized carbons (Fsp3) is 0.600. The lowest BCUT2D eigenvalue weighted by atomic mass is 10.4. The van der Waals surface area contributed by atoms with E-state index in [1.807, 2.05) is 6.92 Å². The van der Waals surface area contributed by atoms with Crippen LogP contribution in [0.5, 0.6) is 5.88 Å². The highest BCUT2D eigenvalue weighted by molar-refractivity contribution is 8.08. The zero-order valence-corrected chi connectivity index (χ0v) is 12.8. The third-order valence-electron chi connectivity index (χ3n) is 1.94. The zero-order chi connectivity index (χ0) is 14.3. The molecule has 108 valence electrons. The first-order valence-corrected chi connectivity index (χ1v) is 8.30. The van der Waals surface area contributed by atoms with Crippen LogP contribution in [0.25, 0.3) is 0 Å². The standard InChI is InChI=1S/C10H18N3O4PS/c1-4-11-18(14,19)17-10-5-8(6-15-2)12-9(13-10)7-16-3/h5H,4,6-7H2,1-3H3,(H2,11,14,19). The molecule has 0 saturated carbocycles. The number of rotatable bonds is 8. The lowest BCUT2D eigenvalue weighted by Crippen LogP contribution is -2.14. The normalized spacial score (nSPS) is 14.1. The average molecular weight is 307 g/mol. The highest BCUT2D eigenvalue weighted by Crippen LogP contribution is 2.37. The van der Waals surface area contributed by atoms with Crippen molar-refractivity contribution in [2.24, 2.45) is 0 Å². The molecule has 0 radical (unpaired) electrons. The maximum Gasteiger partial charge on any atom is 0.311 e. The summed E-state index contributed by atoms with van der Waals surface area (Å²) in [6, 6.07) is 1.58. The quantitative estimate of drug-likeness (QED) is 0.687. The van der Waals surface area contributed by atoms with Crippen molar-refractivity contribution in [3.05, 3.63) is 17.6 Å². The maximum absolute atomic E-state index is 9.88. The summed E-state index contributed by atoms with van der Waals surface area (Å²) in [7, 11) is 3.11. The van der Waals surface area contributed by atoms with Gasteiger partial charge in [-0.1, -0.05) is 6.92 Å². The molecular weight excluding hydrogens is 289 g/mol. The molecule has 0 aromatic carbocycles. The summed E-state index contributed by atoms with van der Waals surface area (Å²) < 4.78 is 15.3. The number of ether oxygens (including phenoxy) is 2. The van der Waals surface area contributed by atoms with Crippen molar-refractivity contribution in [2.75, 3.05) is 20.8 Å². The molecule has 2 N–H and O–H groups in total. The molecule has 1 aromatic rings. The van der Waals surface area contributed by atoms with E-state index < -0.39 is 6.64 Å². The van der Waals surface area contributed by atoms with Crippen molar-refractivity contribution in [2.45, 2.75) is 20.1 Å². The molecule has 19 heavy (non-hydrogen) atoms. The second kappa shape index (κ2) is 7.84. The van der Waals surface area contributed by atoms with Crippen LogP contribution >= 0.6 is 6.64 Å². The molecule has 0 spiro atoms. The molecular formula is C10H18N3O4PS. The number of nitrogens with zero attached hydrogens (tertiary/aromatic N) is 2. The highest BCUT2D eigenvalue weighted by atomic mass is 32.5. The van der Waals surface area contributed by atoms with E-state index in [4.69, 9.17) is 25.8 Å². The van der Waals surface area contributed by atoms with Crippen molar-refractivity contribution in [1.82, 2.24) is 15.1 Å². The summed E-state index contributed by atoms with van der Waals surface area (Å²) >= 11 is 4.95. The number of aromatic nitrogens is 2. The van der Waals surface area contributed by atoms with E-state index in [1.54, 1.807) is 20.3 Å². The Hall–Kier alpha value is -0.630. The van der Waals surface area contributed by atoms with E-state index in [-0.39, 0.29) is 12.5 Å². The topological polar surface area (TPSA) is 85.7 Å². The number of hydrogen-bond acceptors (Lipinski definition) is 6. The molecule has 1 atom stereocenters. The lowest BCUT2D eigenvalue weighted by Gasteiger charge is -2.17. The maximum atomic E-state index is 9.88. The molecule has 7 nitrogen and oxygen atoms in total. The van der Waals surface area contributed by atoms with E-state index in [2.05, 4.69) is 15.1 Å². The van der Waals surface area contributed by atoms with Gasteiger partial charge in [0.15, 0.2) is 5.82 Å². The zero-order valence-electron chi connectivity index (χ0n) is 11.1. The molecule has 0 bridgehead atoms. The van der Waals surface area contributed by atoms with Gasteiger partial charge in [0.1, 0.15) is 6.61 Å². The smallest absolute Gasteiger partial charge is 0.311 e. The van der Waals surface area contributed by atoms with Gasteiger partial charge in [-0.15, -0.1) is 0 Å². The molecule has 9 heteroatoms. The number of nitrogens with one attached hydrogen (secondary N) is 1. The Morgan fingerprint density at radius 3 is 2.58 bits per heavy atom. The molecule has 0 fully saturated rings. The largest absolute Gasteiger partial charge is 0.414 e. The van der Waals surface area contributed by atoms with Crippen LogP contribution in [0.2, 0.25) is 0 Å². The Balaban J connectivity index is 2.95. The van der Waals surface area contributed by atoms with E-state index in [1.165, 1.54) is 0 Å². The third kappa shape index (κ3) is 5.90. The van der Waals surface area contributed by atoms with Crippen LogP contribution in [0, 0.1) is 0 Å². The predicted octanol–water partition coefficient (Wildman–Crippen LogP) is 0.975.